The minimum Gasteiger partial charge on any atom is -0.368 e. The lowest BCUT2D eigenvalue weighted by atomic mass is 10.1. The lowest BCUT2D eigenvalue weighted by Crippen LogP contribution is -2.48. The van der Waals surface area contributed by atoms with Gasteiger partial charge in [-0.15, -0.1) is 0 Å². The molecule has 2 heterocycles. The lowest BCUT2D eigenvalue weighted by Gasteiger charge is -2.27. The Bertz CT molecular complexity index is 515. The Labute approximate surface area is 120 Å². The summed E-state index contributed by atoms with van der Waals surface area (Å²) in [7, 11) is 0. The number of nitrogens with two attached hydrogens (primary N) is 1. The summed E-state index contributed by atoms with van der Waals surface area (Å²) in [5, 5.41) is 6.30. The Morgan fingerprint density at radius 1 is 1.50 bits per heavy atom. The minimum atomic E-state index is -0.751. The molecule has 0 radical (unpaired) electrons. The molecule has 0 aliphatic carbocycles. The normalized spacial score (nSPS) is 19.6. The maximum atomic E-state index is 12.6. The van der Waals surface area contributed by atoms with Gasteiger partial charge in [-0.3, -0.25) is 14.4 Å². The number of carbonyl (C=O) groups excluding carboxylic acids is 3. The molecule has 108 valence electrons. The second-order valence-electron chi connectivity index (χ2n) is 4.78. The number of nitrogens with zero attached hydrogens (tertiary/aromatic N) is 1. The van der Waals surface area contributed by atoms with Crippen LogP contribution in [-0.4, -0.2) is 35.2 Å². The molecule has 20 heavy (non-hydrogen) atoms. The maximum Gasteiger partial charge on any atom is 0.250 e. The van der Waals surface area contributed by atoms with Gasteiger partial charge in [-0.25, -0.2) is 0 Å². The first-order valence-corrected chi connectivity index (χ1v) is 7.34. The van der Waals surface area contributed by atoms with Gasteiger partial charge in [0.05, 0.1) is 0 Å². The number of hydrogen-bond acceptors (Lipinski definition) is 4. The number of likely N-dealkylation sites (tertiary alicyclic amines) is 1. The Hall–Kier alpha value is -1.89. The Morgan fingerprint density at radius 2 is 2.25 bits per heavy atom. The summed E-state index contributed by atoms with van der Waals surface area (Å²) in [6.45, 7) is 1.86. The van der Waals surface area contributed by atoms with Crippen molar-refractivity contribution in [3.05, 3.63) is 22.4 Å². The largest absolute Gasteiger partial charge is 0.368 e. The zero-order chi connectivity index (χ0) is 14.7. The molecule has 1 saturated heterocycles. The van der Waals surface area contributed by atoms with Crippen LogP contribution >= 0.6 is 11.3 Å². The summed E-state index contributed by atoms with van der Waals surface area (Å²) in [4.78, 5) is 36.8. The number of rotatable bonds is 4. The van der Waals surface area contributed by atoms with E-state index >= 15 is 0 Å². The summed E-state index contributed by atoms with van der Waals surface area (Å²) in [6, 6.07) is 0.467. The van der Waals surface area contributed by atoms with Crippen molar-refractivity contribution in [1.82, 2.24) is 10.2 Å². The molecule has 1 aliphatic rings. The van der Waals surface area contributed by atoms with Gasteiger partial charge < -0.3 is 16.0 Å². The average Bonchev–Trinajstić information content (AvgIpc) is 3.05. The van der Waals surface area contributed by atoms with E-state index in [0.717, 1.165) is 12.0 Å². The molecule has 2 atom stereocenters. The topological polar surface area (TPSA) is 92.5 Å². The fraction of sp³-hybridized carbons (Fsp3) is 0.462. The first-order chi connectivity index (χ1) is 9.50. The number of nitrogens with one attached hydrogen (secondary N) is 1. The van der Waals surface area contributed by atoms with Gasteiger partial charge >= 0.3 is 0 Å². The van der Waals surface area contributed by atoms with Crippen LogP contribution in [0.3, 0.4) is 0 Å². The molecule has 7 heteroatoms. The molecule has 1 fully saturated rings. The average molecular weight is 295 g/mol. The molecule has 0 bridgehead atoms. The third-order valence-corrected chi connectivity index (χ3v) is 4.04. The van der Waals surface area contributed by atoms with Crippen LogP contribution < -0.4 is 11.1 Å². The van der Waals surface area contributed by atoms with Crippen LogP contribution in [0.2, 0.25) is 0 Å². The van der Waals surface area contributed by atoms with E-state index < -0.39 is 18.0 Å². The zero-order valence-electron chi connectivity index (χ0n) is 11.2. The molecule has 1 aliphatic heterocycles. The molecule has 0 saturated carbocycles. The molecule has 2 rings (SSSR count). The van der Waals surface area contributed by atoms with Gasteiger partial charge in [0.15, 0.2) is 0 Å². The summed E-state index contributed by atoms with van der Waals surface area (Å²) in [6.07, 6.45) is 1.33. The van der Waals surface area contributed by atoms with Gasteiger partial charge in [-0.1, -0.05) is 0 Å². The molecule has 1 aromatic rings. The molecule has 1 aromatic heterocycles. The van der Waals surface area contributed by atoms with Gasteiger partial charge in [0.2, 0.25) is 11.8 Å². The van der Waals surface area contributed by atoms with E-state index in [9.17, 15) is 14.4 Å². The van der Waals surface area contributed by atoms with Crippen LogP contribution in [0.1, 0.15) is 31.4 Å². The Balaban J connectivity index is 2.22. The molecule has 3 amide bonds. The molecular weight excluding hydrogens is 278 g/mol. The van der Waals surface area contributed by atoms with Gasteiger partial charge in [0.1, 0.15) is 12.1 Å². The quantitative estimate of drug-likeness (QED) is 0.842. The lowest BCUT2D eigenvalue weighted by molar-refractivity contribution is -0.140. The van der Waals surface area contributed by atoms with E-state index in [0.29, 0.717) is 13.0 Å². The molecule has 0 spiro atoms. The second kappa shape index (κ2) is 6.04. The van der Waals surface area contributed by atoms with E-state index in [4.69, 9.17) is 5.73 Å². The van der Waals surface area contributed by atoms with Crippen LogP contribution in [0.5, 0.6) is 0 Å². The Kier molecular flexibility index (Phi) is 4.39. The number of amides is 3. The molecule has 6 nitrogen and oxygen atoms in total. The van der Waals surface area contributed by atoms with Crippen molar-refractivity contribution in [1.29, 1.82) is 0 Å². The fourth-order valence-electron chi connectivity index (χ4n) is 2.42. The number of primary amides is 1. The summed E-state index contributed by atoms with van der Waals surface area (Å²) in [5.74, 6) is -1.06. The predicted octanol–water partition coefficient (Wildman–Crippen LogP) is 0.402. The van der Waals surface area contributed by atoms with Crippen LogP contribution in [0.25, 0.3) is 0 Å². The highest BCUT2D eigenvalue weighted by atomic mass is 32.1. The van der Waals surface area contributed by atoms with Crippen molar-refractivity contribution in [2.45, 2.75) is 31.8 Å². The standard InChI is InChI=1S/C13H17N3O3S/c1-8(17)15-11(9-4-6-20-7-9)13(19)16-5-2-3-10(16)12(14)18/h4,6-7,10-11H,2-3,5H2,1H3,(H2,14,18)(H,15,17)/t10-,11?/m0/s1. The molecular formula is C13H17N3O3S. The zero-order valence-corrected chi connectivity index (χ0v) is 12.0. The smallest absolute Gasteiger partial charge is 0.250 e. The summed E-state index contributed by atoms with van der Waals surface area (Å²) in [5.41, 5.74) is 6.06. The van der Waals surface area contributed by atoms with E-state index in [1.807, 2.05) is 10.8 Å². The molecule has 1 unspecified atom stereocenters. The monoisotopic (exact) mass is 295 g/mol. The highest BCUT2D eigenvalue weighted by molar-refractivity contribution is 7.08. The highest BCUT2D eigenvalue weighted by Crippen LogP contribution is 2.24. The predicted molar refractivity (Wildman–Crippen MR) is 74.8 cm³/mol. The van der Waals surface area contributed by atoms with Crippen molar-refractivity contribution < 1.29 is 14.4 Å². The van der Waals surface area contributed by atoms with Crippen molar-refractivity contribution in [2.75, 3.05) is 6.54 Å². The first-order valence-electron chi connectivity index (χ1n) is 6.39. The number of thiophene rings is 1. The SMILES string of the molecule is CC(=O)NC(C(=O)N1CCC[C@H]1C(N)=O)c1ccsc1. The summed E-state index contributed by atoms with van der Waals surface area (Å²) >= 11 is 1.45. The van der Waals surface area contributed by atoms with E-state index in [2.05, 4.69) is 5.32 Å². The van der Waals surface area contributed by atoms with Gasteiger partial charge in [-0.2, -0.15) is 11.3 Å². The van der Waals surface area contributed by atoms with Gasteiger partial charge in [-0.05, 0) is 35.2 Å². The van der Waals surface area contributed by atoms with Crippen molar-refractivity contribution in [2.24, 2.45) is 5.73 Å². The van der Waals surface area contributed by atoms with E-state index in [1.165, 1.54) is 23.2 Å². The second-order valence-corrected chi connectivity index (χ2v) is 5.56. The Morgan fingerprint density at radius 3 is 2.80 bits per heavy atom. The molecule has 0 aromatic carbocycles. The third kappa shape index (κ3) is 2.98. The highest BCUT2D eigenvalue weighted by Gasteiger charge is 2.37. The van der Waals surface area contributed by atoms with Crippen LogP contribution in [0.4, 0.5) is 0 Å². The van der Waals surface area contributed by atoms with Crippen LogP contribution in [0, 0.1) is 0 Å². The van der Waals surface area contributed by atoms with Crippen molar-refractivity contribution in [3.8, 4) is 0 Å². The van der Waals surface area contributed by atoms with E-state index in [1.54, 1.807) is 6.07 Å². The molecule has 3 N–H and O–H groups in total. The van der Waals surface area contributed by atoms with Crippen LogP contribution in [0.15, 0.2) is 16.8 Å². The first kappa shape index (κ1) is 14.5. The third-order valence-electron chi connectivity index (χ3n) is 3.34. The summed E-state index contributed by atoms with van der Waals surface area (Å²) < 4.78 is 0. The maximum absolute atomic E-state index is 12.6. The number of hydrogen-bond donors (Lipinski definition) is 2. The minimum absolute atomic E-state index is 0.278. The van der Waals surface area contributed by atoms with Gasteiger partial charge in [0, 0.05) is 13.5 Å². The van der Waals surface area contributed by atoms with Gasteiger partial charge in [0.25, 0.3) is 5.91 Å². The van der Waals surface area contributed by atoms with Crippen molar-refractivity contribution in [3.63, 3.8) is 0 Å². The van der Waals surface area contributed by atoms with E-state index in [-0.39, 0.29) is 11.8 Å². The van der Waals surface area contributed by atoms with Crippen LogP contribution in [-0.2, 0) is 14.4 Å². The van der Waals surface area contributed by atoms with Crippen molar-refractivity contribution >= 4 is 29.1 Å². The number of carbonyl (C=O) groups is 3. The fourth-order valence-corrected chi connectivity index (χ4v) is 3.11.